The predicted octanol–water partition coefficient (Wildman–Crippen LogP) is 27.3. The lowest BCUT2D eigenvalue weighted by Crippen LogP contribution is -2.45. The lowest BCUT2D eigenvalue weighted by molar-refractivity contribution is -0.870. The van der Waals surface area contributed by atoms with Gasteiger partial charge in [0.25, 0.3) is 0 Å². The van der Waals surface area contributed by atoms with Crippen molar-refractivity contribution in [3.05, 3.63) is 48.6 Å². The molecule has 8 nitrogen and oxygen atoms in total. The summed E-state index contributed by atoms with van der Waals surface area (Å²) in [5.41, 5.74) is 0. The van der Waals surface area contributed by atoms with Crippen molar-refractivity contribution in [2.75, 3.05) is 40.9 Å². The summed E-state index contributed by atoms with van der Waals surface area (Å²) in [7, 11) is 1.59. The van der Waals surface area contributed by atoms with Gasteiger partial charge in [0, 0.05) is 6.42 Å². The number of phosphoric ester groups is 1. The average molecular weight is 1330 g/mol. The molecule has 0 saturated carbocycles. The van der Waals surface area contributed by atoms with Crippen molar-refractivity contribution in [1.29, 1.82) is 0 Å². The van der Waals surface area contributed by atoms with E-state index in [1.807, 2.05) is 27.2 Å². The Morgan fingerprint density at radius 1 is 0.366 bits per heavy atom. The number of aliphatic hydroxyl groups is 1. The lowest BCUT2D eigenvalue weighted by atomic mass is 10.0. The maximum atomic E-state index is 13.1. The molecule has 1 amide bonds. The number of carbonyl (C=O) groups is 1. The second-order valence-electron chi connectivity index (χ2n) is 29.9. The summed E-state index contributed by atoms with van der Waals surface area (Å²) in [4.78, 5) is 23.5. The second-order valence-corrected chi connectivity index (χ2v) is 31.3. The number of quaternary nitrogens is 1. The van der Waals surface area contributed by atoms with Gasteiger partial charge in [-0.05, 0) is 57.8 Å². The molecule has 550 valence electrons. The average Bonchev–Trinajstić information content (AvgIpc) is 2.75. The van der Waals surface area contributed by atoms with Crippen LogP contribution in [0.15, 0.2) is 48.6 Å². The molecule has 0 aromatic carbocycles. The van der Waals surface area contributed by atoms with Crippen molar-refractivity contribution in [1.82, 2.24) is 5.32 Å². The molecule has 0 rings (SSSR count). The molecular formula is C84H164N2O6P+. The Bertz CT molecular complexity index is 1660. The molecular weight excluding hydrogens is 1160 g/mol. The highest BCUT2D eigenvalue weighted by molar-refractivity contribution is 7.47. The van der Waals surface area contributed by atoms with E-state index in [1.165, 1.54) is 366 Å². The molecule has 0 saturated heterocycles. The van der Waals surface area contributed by atoms with Crippen LogP contribution in [0.25, 0.3) is 0 Å². The highest BCUT2D eigenvalue weighted by Crippen LogP contribution is 2.43. The minimum absolute atomic E-state index is 0.0639. The quantitative estimate of drug-likeness (QED) is 0.0243. The molecule has 3 N–H and O–H groups in total. The molecule has 0 bridgehead atoms. The summed E-state index contributed by atoms with van der Waals surface area (Å²) in [6.07, 6.45) is 103. The van der Waals surface area contributed by atoms with E-state index < -0.39 is 20.0 Å². The number of amides is 1. The minimum Gasteiger partial charge on any atom is -0.387 e. The SMILES string of the molecule is CCCCCCC/C=C\C/C=C\C/C=C\CCCCCCCCCCCCCCCCCCCCCCCCCCCCC(=O)NC(COP(=O)(O)OCC[N+](C)(C)C)C(O)/C=C/CCCCCCCCCCCCCCCCCCCCCCCCCCCCCC. The van der Waals surface area contributed by atoms with Gasteiger partial charge in [-0.15, -0.1) is 0 Å². The topological polar surface area (TPSA) is 105 Å². The molecule has 0 heterocycles. The van der Waals surface area contributed by atoms with Crippen molar-refractivity contribution in [2.45, 2.75) is 443 Å². The Kier molecular flexibility index (Phi) is 73.4. The van der Waals surface area contributed by atoms with E-state index in [4.69, 9.17) is 9.05 Å². The van der Waals surface area contributed by atoms with Gasteiger partial charge in [0.05, 0.1) is 39.9 Å². The van der Waals surface area contributed by atoms with Crippen LogP contribution in [0, 0.1) is 0 Å². The number of phosphoric acid groups is 1. The van der Waals surface area contributed by atoms with Crippen LogP contribution in [0.1, 0.15) is 431 Å². The Morgan fingerprint density at radius 3 is 0.892 bits per heavy atom. The van der Waals surface area contributed by atoms with Gasteiger partial charge in [0.2, 0.25) is 5.91 Å². The molecule has 0 aliphatic heterocycles. The van der Waals surface area contributed by atoms with Gasteiger partial charge >= 0.3 is 7.82 Å². The third kappa shape index (κ3) is 77.7. The predicted molar refractivity (Wildman–Crippen MR) is 411 cm³/mol. The fraction of sp³-hybridized carbons (Fsp3) is 0.893. The standard InChI is InChI=1S/C84H163N2O6P/c1-6-8-10-12-14-16-18-20-22-24-26-28-30-32-34-36-38-39-40-41-42-43-44-45-46-47-48-50-52-54-56-58-60-62-64-66-68-70-72-74-76-78-84(88)85-82(81-92-93(89,90)91-80-79-86(3,4)5)83(87)77-75-73-71-69-67-65-63-61-59-57-55-53-51-49-37-35-33-31-29-27-25-23-21-19-17-15-13-11-9-7-2/h18,20,24,26,30,32,75,77,82-83,87H,6-17,19,21-23,25,27-29,31,33-74,76,78-81H2,1-5H3,(H-,85,88,89,90)/p+1/b20-18-,26-24-,32-30-,77-75+. The Balaban J connectivity index is 3.91. The number of carbonyl (C=O) groups excluding carboxylic acids is 1. The summed E-state index contributed by atoms with van der Waals surface area (Å²) in [5.74, 6) is -0.167. The number of likely N-dealkylation sites (N-methyl/N-ethyl adjacent to an activating group) is 1. The Hall–Kier alpha value is -1.54. The zero-order valence-electron chi connectivity index (χ0n) is 63.3. The van der Waals surface area contributed by atoms with Gasteiger partial charge in [-0.1, -0.05) is 416 Å². The number of nitrogens with one attached hydrogen (secondary N) is 1. The van der Waals surface area contributed by atoms with Crippen molar-refractivity contribution in [3.8, 4) is 0 Å². The van der Waals surface area contributed by atoms with E-state index >= 15 is 0 Å². The Labute approximate surface area is 581 Å². The summed E-state index contributed by atoms with van der Waals surface area (Å²) < 4.78 is 23.9. The first kappa shape index (κ1) is 91.5. The smallest absolute Gasteiger partial charge is 0.387 e. The number of hydrogen-bond acceptors (Lipinski definition) is 5. The van der Waals surface area contributed by atoms with Crippen LogP contribution in [0.3, 0.4) is 0 Å². The highest BCUT2D eigenvalue weighted by Gasteiger charge is 2.28. The van der Waals surface area contributed by atoms with Crippen LogP contribution in [0.5, 0.6) is 0 Å². The molecule has 3 atom stereocenters. The van der Waals surface area contributed by atoms with E-state index in [0.717, 1.165) is 44.9 Å². The maximum Gasteiger partial charge on any atom is 0.472 e. The molecule has 0 aliphatic rings. The fourth-order valence-corrected chi connectivity index (χ4v) is 13.6. The first-order chi connectivity index (χ1) is 45.5. The minimum atomic E-state index is -4.36. The summed E-state index contributed by atoms with van der Waals surface area (Å²) >= 11 is 0. The van der Waals surface area contributed by atoms with E-state index in [2.05, 4.69) is 55.6 Å². The van der Waals surface area contributed by atoms with Crippen LogP contribution < -0.4 is 5.32 Å². The van der Waals surface area contributed by atoms with Crippen molar-refractivity contribution >= 4 is 13.7 Å². The van der Waals surface area contributed by atoms with Crippen LogP contribution >= 0.6 is 7.82 Å². The third-order valence-corrected chi connectivity index (χ3v) is 20.3. The zero-order valence-corrected chi connectivity index (χ0v) is 64.2. The normalized spacial score (nSPS) is 13.7. The lowest BCUT2D eigenvalue weighted by Gasteiger charge is -2.25. The third-order valence-electron chi connectivity index (χ3n) is 19.3. The van der Waals surface area contributed by atoms with Crippen molar-refractivity contribution in [2.24, 2.45) is 0 Å². The van der Waals surface area contributed by atoms with Crippen molar-refractivity contribution in [3.63, 3.8) is 0 Å². The van der Waals surface area contributed by atoms with E-state index in [0.29, 0.717) is 17.4 Å². The molecule has 0 spiro atoms. The Morgan fingerprint density at radius 2 is 0.613 bits per heavy atom. The van der Waals surface area contributed by atoms with E-state index in [9.17, 15) is 19.4 Å². The largest absolute Gasteiger partial charge is 0.472 e. The molecule has 0 aliphatic carbocycles. The number of hydrogen-bond donors (Lipinski definition) is 3. The second kappa shape index (κ2) is 74.7. The molecule has 0 aromatic heterocycles. The highest BCUT2D eigenvalue weighted by atomic mass is 31.2. The zero-order chi connectivity index (χ0) is 67.6. The first-order valence-electron chi connectivity index (χ1n) is 41.5. The molecule has 0 radical (unpaired) electrons. The molecule has 3 unspecified atom stereocenters. The van der Waals surface area contributed by atoms with Gasteiger partial charge in [-0.3, -0.25) is 13.8 Å². The maximum absolute atomic E-state index is 13.1. The monoisotopic (exact) mass is 1330 g/mol. The number of unbranched alkanes of at least 4 members (excludes halogenated alkanes) is 59. The van der Waals surface area contributed by atoms with Crippen LogP contribution in [0.4, 0.5) is 0 Å². The number of rotatable bonds is 78. The van der Waals surface area contributed by atoms with Crippen LogP contribution in [-0.2, 0) is 18.4 Å². The fourth-order valence-electron chi connectivity index (χ4n) is 12.9. The molecule has 93 heavy (non-hydrogen) atoms. The number of nitrogens with zero attached hydrogens (tertiary/aromatic N) is 1. The van der Waals surface area contributed by atoms with Crippen molar-refractivity contribution < 1.29 is 32.9 Å². The summed E-state index contributed by atoms with van der Waals surface area (Å²) in [6.45, 7) is 4.87. The summed E-state index contributed by atoms with van der Waals surface area (Å²) in [5, 5.41) is 14.1. The van der Waals surface area contributed by atoms with Gasteiger partial charge in [-0.25, -0.2) is 4.57 Å². The van der Waals surface area contributed by atoms with Gasteiger partial charge in [0.1, 0.15) is 13.2 Å². The molecule has 9 heteroatoms. The van der Waals surface area contributed by atoms with E-state index in [-0.39, 0.29) is 19.1 Å². The van der Waals surface area contributed by atoms with Gasteiger partial charge in [-0.2, -0.15) is 0 Å². The number of allylic oxidation sites excluding steroid dienone is 7. The van der Waals surface area contributed by atoms with Crippen LogP contribution in [-0.4, -0.2) is 73.4 Å². The molecule has 0 aromatic rings. The van der Waals surface area contributed by atoms with Gasteiger partial charge < -0.3 is 19.8 Å². The van der Waals surface area contributed by atoms with E-state index in [1.54, 1.807) is 6.08 Å². The van der Waals surface area contributed by atoms with Gasteiger partial charge in [0.15, 0.2) is 0 Å². The first-order valence-corrected chi connectivity index (χ1v) is 43.0. The molecule has 0 fully saturated rings. The van der Waals surface area contributed by atoms with Crippen LogP contribution in [0.2, 0.25) is 0 Å². The summed E-state index contributed by atoms with van der Waals surface area (Å²) in [6, 6.07) is -0.847. The number of aliphatic hydroxyl groups excluding tert-OH is 1.